The number of hydrogen-bond acceptors (Lipinski definition) is 4. The van der Waals surface area contributed by atoms with Crippen molar-refractivity contribution < 1.29 is 13.2 Å². The number of carbonyl (C=O) groups excluding carboxylic acids is 1. The third kappa shape index (κ3) is 2.38. The lowest BCUT2D eigenvalue weighted by Gasteiger charge is -2.36. The van der Waals surface area contributed by atoms with Crippen LogP contribution in [0.2, 0.25) is 0 Å². The Kier molecular flexibility index (Phi) is 3.18. The fraction of sp³-hybridized carbons (Fsp3) is 0.462. The zero-order chi connectivity index (χ0) is 14.3. The molecule has 3 rings (SSSR count). The number of nitrogens with zero attached hydrogens (tertiary/aromatic N) is 1. The Morgan fingerprint density at radius 3 is 2.65 bits per heavy atom. The maximum absolute atomic E-state index is 12.2. The third-order valence-corrected chi connectivity index (χ3v) is 5.54. The smallest absolute Gasteiger partial charge is 0.242 e. The highest BCUT2D eigenvalue weighted by Gasteiger charge is 2.35. The van der Waals surface area contributed by atoms with Gasteiger partial charge in [-0.3, -0.25) is 15.4 Å². The summed E-state index contributed by atoms with van der Waals surface area (Å²) in [6.45, 7) is 0.798. The second-order valence-corrected chi connectivity index (χ2v) is 7.54. The molecule has 1 unspecified atom stereocenters. The molecule has 1 aromatic carbocycles. The van der Waals surface area contributed by atoms with Crippen LogP contribution in [0.5, 0.6) is 0 Å². The Bertz CT molecular complexity index is 643. The number of carbonyl (C=O) groups is 1. The predicted molar refractivity (Wildman–Crippen MR) is 75.5 cm³/mol. The summed E-state index contributed by atoms with van der Waals surface area (Å²) in [7, 11) is -2.94. The molecule has 1 radical (unpaired) electrons. The van der Waals surface area contributed by atoms with Gasteiger partial charge in [-0.05, 0) is 18.1 Å². The summed E-state index contributed by atoms with van der Waals surface area (Å²) in [5, 5.41) is 2.78. The largest absolute Gasteiger partial charge is 0.323 e. The highest BCUT2D eigenvalue weighted by atomic mass is 32.2. The van der Waals surface area contributed by atoms with Crippen molar-refractivity contribution in [1.29, 1.82) is 0 Å². The third-order valence-electron chi connectivity index (χ3n) is 3.93. The molecule has 0 bridgehead atoms. The molecule has 1 aromatic rings. The van der Waals surface area contributed by atoms with Gasteiger partial charge in [0.15, 0.2) is 9.84 Å². The number of para-hydroxylation sites is 1. The predicted octanol–water partition coefficient (Wildman–Crippen LogP) is 0.195. The Morgan fingerprint density at radius 2 is 1.95 bits per heavy atom. The molecule has 7 heteroatoms. The molecule has 0 spiro atoms. The van der Waals surface area contributed by atoms with Gasteiger partial charge in [-0.1, -0.05) is 12.1 Å². The van der Waals surface area contributed by atoms with E-state index in [0.29, 0.717) is 30.9 Å². The van der Waals surface area contributed by atoms with Gasteiger partial charge in [-0.15, -0.1) is 0 Å². The van der Waals surface area contributed by atoms with Crippen molar-refractivity contribution in [3.05, 3.63) is 23.8 Å². The maximum Gasteiger partial charge on any atom is 0.242 e. The molecule has 0 saturated carbocycles. The Labute approximate surface area is 117 Å². The molecular formula is C13H16N3O3S. The van der Waals surface area contributed by atoms with Crippen molar-refractivity contribution in [2.45, 2.75) is 12.5 Å². The van der Waals surface area contributed by atoms with E-state index in [9.17, 15) is 13.2 Å². The van der Waals surface area contributed by atoms with Crippen LogP contribution in [0, 0.1) is 0 Å². The Hall–Kier alpha value is -1.60. The summed E-state index contributed by atoms with van der Waals surface area (Å²) < 4.78 is 22.9. The minimum absolute atomic E-state index is 0.113. The van der Waals surface area contributed by atoms with Gasteiger partial charge < -0.3 is 5.32 Å². The van der Waals surface area contributed by atoms with E-state index in [1.165, 1.54) is 0 Å². The van der Waals surface area contributed by atoms with Crippen LogP contribution in [0.1, 0.15) is 5.56 Å². The molecule has 1 amide bonds. The number of anilines is 1. The van der Waals surface area contributed by atoms with Gasteiger partial charge >= 0.3 is 0 Å². The van der Waals surface area contributed by atoms with Crippen molar-refractivity contribution in [3.8, 4) is 0 Å². The van der Waals surface area contributed by atoms with Crippen molar-refractivity contribution in [2.75, 3.05) is 29.9 Å². The number of nitrogens with one attached hydrogen (secondary N) is 2. The number of sulfone groups is 1. The standard InChI is InChI=1S/C13H16N3O3S/c14-10-3-1-2-9-8-11(13(17)15-12(9)10)16-4-6-20(18,19)7-5-16/h1-3,11,14H,4-8H2,(H,15,17). The maximum atomic E-state index is 12.2. The van der Waals surface area contributed by atoms with Crippen LogP contribution in [0.4, 0.5) is 11.4 Å². The first-order valence-electron chi connectivity index (χ1n) is 6.55. The van der Waals surface area contributed by atoms with Gasteiger partial charge in [0.2, 0.25) is 5.91 Å². The molecule has 2 N–H and O–H groups in total. The summed E-state index contributed by atoms with van der Waals surface area (Å²) in [5.74, 6) is 0.0843. The van der Waals surface area contributed by atoms with Crippen molar-refractivity contribution in [3.63, 3.8) is 0 Å². The van der Waals surface area contributed by atoms with Crippen LogP contribution in [-0.4, -0.2) is 49.9 Å². The second-order valence-electron chi connectivity index (χ2n) is 5.24. The van der Waals surface area contributed by atoms with Crippen molar-refractivity contribution in [2.24, 2.45) is 0 Å². The average molecular weight is 294 g/mol. The molecule has 107 valence electrons. The van der Waals surface area contributed by atoms with E-state index >= 15 is 0 Å². The highest BCUT2D eigenvalue weighted by Crippen LogP contribution is 2.31. The topological polar surface area (TPSA) is 90.3 Å². The van der Waals surface area contributed by atoms with E-state index in [0.717, 1.165) is 5.56 Å². The summed E-state index contributed by atoms with van der Waals surface area (Å²) in [6, 6.07) is 5.02. The first-order chi connectivity index (χ1) is 9.46. The molecule has 0 aromatic heterocycles. The van der Waals surface area contributed by atoms with Crippen LogP contribution >= 0.6 is 0 Å². The van der Waals surface area contributed by atoms with Gasteiger partial charge in [0.05, 0.1) is 28.9 Å². The van der Waals surface area contributed by atoms with E-state index in [1.54, 1.807) is 12.1 Å². The van der Waals surface area contributed by atoms with Crippen LogP contribution in [0.3, 0.4) is 0 Å². The van der Waals surface area contributed by atoms with E-state index in [1.807, 2.05) is 11.0 Å². The number of benzene rings is 1. The highest BCUT2D eigenvalue weighted by molar-refractivity contribution is 7.91. The van der Waals surface area contributed by atoms with E-state index in [4.69, 9.17) is 5.73 Å². The molecule has 1 fully saturated rings. The minimum Gasteiger partial charge on any atom is -0.323 e. The normalized spacial score (nSPS) is 25.8. The van der Waals surface area contributed by atoms with Crippen LogP contribution in [0.25, 0.3) is 0 Å². The molecule has 6 nitrogen and oxygen atoms in total. The minimum atomic E-state index is -2.94. The summed E-state index contributed by atoms with van der Waals surface area (Å²) in [4.78, 5) is 14.1. The molecule has 2 aliphatic heterocycles. The lowest BCUT2D eigenvalue weighted by atomic mass is 9.97. The summed E-state index contributed by atoms with van der Waals surface area (Å²) >= 11 is 0. The molecule has 1 saturated heterocycles. The monoisotopic (exact) mass is 294 g/mol. The number of hydrogen-bond donors (Lipinski definition) is 1. The van der Waals surface area contributed by atoms with Crippen molar-refractivity contribution in [1.82, 2.24) is 10.6 Å². The quantitative estimate of drug-likeness (QED) is 0.801. The molecule has 2 aliphatic rings. The second kappa shape index (κ2) is 4.75. The van der Waals surface area contributed by atoms with Crippen LogP contribution in [-0.2, 0) is 21.1 Å². The fourth-order valence-corrected chi connectivity index (χ4v) is 3.99. The van der Waals surface area contributed by atoms with Gasteiger partial charge in [-0.2, -0.15) is 0 Å². The first-order valence-corrected chi connectivity index (χ1v) is 8.37. The van der Waals surface area contributed by atoms with Crippen molar-refractivity contribution >= 4 is 27.1 Å². The van der Waals surface area contributed by atoms with Crippen LogP contribution in [0.15, 0.2) is 18.2 Å². The molecule has 1 atom stereocenters. The summed E-state index contributed by atoms with van der Waals surface area (Å²) in [5.41, 5.74) is 9.63. The lowest BCUT2D eigenvalue weighted by Crippen LogP contribution is -2.53. The summed E-state index contributed by atoms with van der Waals surface area (Å²) in [6.07, 6.45) is 0.536. The molecule has 0 aliphatic carbocycles. The SMILES string of the molecule is [NH]c1cccc2c1NC(=O)C(N1CCS(=O)(=O)CC1)C2. The molecule has 20 heavy (non-hydrogen) atoms. The number of rotatable bonds is 1. The van der Waals surface area contributed by atoms with Gasteiger partial charge in [-0.25, -0.2) is 8.42 Å². The average Bonchev–Trinajstić information content (AvgIpc) is 2.40. The van der Waals surface area contributed by atoms with E-state index < -0.39 is 9.84 Å². The van der Waals surface area contributed by atoms with E-state index in [2.05, 4.69) is 5.32 Å². The van der Waals surface area contributed by atoms with E-state index in [-0.39, 0.29) is 23.5 Å². The fourth-order valence-electron chi connectivity index (χ4n) is 2.76. The zero-order valence-electron chi connectivity index (χ0n) is 10.9. The van der Waals surface area contributed by atoms with Crippen LogP contribution < -0.4 is 11.1 Å². The number of amides is 1. The zero-order valence-corrected chi connectivity index (χ0v) is 11.7. The van der Waals surface area contributed by atoms with Gasteiger partial charge in [0.1, 0.15) is 0 Å². The van der Waals surface area contributed by atoms with Gasteiger partial charge in [0.25, 0.3) is 0 Å². The Balaban J connectivity index is 1.81. The Morgan fingerprint density at radius 1 is 1.25 bits per heavy atom. The molecular weight excluding hydrogens is 278 g/mol. The number of fused-ring (bicyclic) bond motifs is 1. The van der Waals surface area contributed by atoms with Gasteiger partial charge in [0, 0.05) is 13.1 Å². The first kappa shape index (κ1) is 13.4. The molecule has 2 heterocycles. The lowest BCUT2D eigenvalue weighted by molar-refractivity contribution is -0.121.